The van der Waals surface area contributed by atoms with Crippen molar-refractivity contribution in [3.63, 3.8) is 0 Å². The fourth-order valence-electron chi connectivity index (χ4n) is 1.67. The van der Waals surface area contributed by atoms with Crippen LogP contribution in [0.1, 0.15) is 17.2 Å². The van der Waals surface area contributed by atoms with Crippen LogP contribution in [0.15, 0.2) is 35.3 Å². The van der Waals surface area contributed by atoms with Crippen LogP contribution >= 0.6 is 11.3 Å². The van der Waals surface area contributed by atoms with Gasteiger partial charge in [-0.05, 0) is 41.1 Å². The van der Waals surface area contributed by atoms with Gasteiger partial charge in [0.2, 0.25) is 0 Å². The Kier molecular flexibility index (Phi) is 3.54. The quantitative estimate of drug-likeness (QED) is 0.882. The van der Waals surface area contributed by atoms with Gasteiger partial charge in [0.15, 0.2) is 0 Å². The summed E-state index contributed by atoms with van der Waals surface area (Å²) < 4.78 is 5.18. The smallest absolute Gasteiger partial charge is 0.137 e. The zero-order chi connectivity index (χ0) is 11.4. The maximum atomic E-state index is 5.18. The van der Waals surface area contributed by atoms with Crippen LogP contribution in [-0.4, -0.2) is 19.1 Å². The van der Waals surface area contributed by atoms with Gasteiger partial charge < -0.3 is 10.1 Å². The highest BCUT2D eigenvalue weighted by molar-refractivity contribution is 7.08. The second kappa shape index (κ2) is 5.09. The highest BCUT2D eigenvalue weighted by Crippen LogP contribution is 2.25. The predicted octanol–water partition coefficient (Wildman–Crippen LogP) is 2.46. The largest absolute Gasteiger partial charge is 0.495 e. The molecule has 16 heavy (non-hydrogen) atoms. The molecule has 2 heterocycles. The Morgan fingerprint density at radius 2 is 2.25 bits per heavy atom. The minimum Gasteiger partial charge on any atom is -0.495 e. The van der Waals surface area contributed by atoms with Crippen molar-refractivity contribution in [3.05, 3.63) is 46.4 Å². The molecule has 0 aliphatic heterocycles. The summed E-state index contributed by atoms with van der Waals surface area (Å²) in [6.45, 7) is 0. The van der Waals surface area contributed by atoms with Gasteiger partial charge in [0, 0.05) is 6.20 Å². The molecule has 1 unspecified atom stereocenters. The molecule has 0 radical (unpaired) electrons. The number of rotatable bonds is 4. The third kappa shape index (κ3) is 2.23. The fraction of sp³-hybridized carbons (Fsp3) is 0.250. The zero-order valence-electron chi connectivity index (χ0n) is 9.31. The third-order valence-corrected chi connectivity index (χ3v) is 3.17. The van der Waals surface area contributed by atoms with E-state index < -0.39 is 0 Å². The lowest BCUT2D eigenvalue weighted by Crippen LogP contribution is -2.17. The first-order valence-electron chi connectivity index (χ1n) is 5.03. The maximum absolute atomic E-state index is 5.18. The fourth-order valence-corrected chi connectivity index (χ4v) is 2.36. The molecular weight excluding hydrogens is 220 g/mol. The topological polar surface area (TPSA) is 34.2 Å². The molecule has 0 saturated heterocycles. The van der Waals surface area contributed by atoms with Gasteiger partial charge in [0.25, 0.3) is 0 Å². The van der Waals surface area contributed by atoms with E-state index in [2.05, 4.69) is 27.1 Å². The van der Waals surface area contributed by atoms with Crippen LogP contribution in [0.4, 0.5) is 0 Å². The van der Waals surface area contributed by atoms with E-state index in [0.717, 1.165) is 11.3 Å². The minimum atomic E-state index is 0.175. The molecule has 3 nitrogen and oxygen atoms in total. The first-order valence-corrected chi connectivity index (χ1v) is 5.97. The summed E-state index contributed by atoms with van der Waals surface area (Å²) in [6.07, 6.45) is 3.57. The normalized spacial score (nSPS) is 12.4. The van der Waals surface area contributed by atoms with E-state index in [1.807, 2.05) is 19.3 Å². The molecule has 0 spiro atoms. The number of nitrogens with zero attached hydrogens (tertiary/aromatic N) is 1. The van der Waals surface area contributed by atoms with Gasteiger partial charge in [-0.1, -0.05) is 0 Å². The number of pyridine rings is 1. The van der Waals surface area contributed by atoms with Crippen LogP contribution < -0.4 is 10.1 Å². The maximum Gasteiger partial charge on any atom is 0.137 e. The van der Waals surface area contributed by atoms with E-state index in [0.29, 0.717) is 0 Å². The van der Waals surface area contributed by atoms with E-state index in [1.165, 1.54) is 5.56 Å². The third-order valence-electron chi connectivity index (χ3n) is 2.47. The monoisotopic (exact) mass is 234 g/mol. The van der Waals surface area contributed by atoms with E-state index >= 15 is 0 Å². The van der Waals surface area contributed by atoms with E-state index in [1.54, 1.807) is 24.6 Å². The molecule has 0 aliphatic rings. The molecule has 0 fully saturated rings. The standard InChI is InChI=1S/C12H14N2OS/c1-13-12(9-3-4-16-8-9)10-5-11(15-2)7-14-6-10/h3-8,12-13H,1-2H3. The molecule has 0 amide bonds. The molecule has 1 N–H and O–H groups in total. The van der Waals surface area contributed by atoms with Crippen molar-refractivity contribution >= 4 is 11.3 Å². The van der Waals surface area contributed by atoms with E-state index in [4.69, 9.17) is 4.74 Å². The molecule has 4 heteroatoms. The summed E-state index contributed by atoms with van der Waals surface area (Å²) in [5.41, 5.74) is 2.36. The minimum absolute atomic E-state index is 0.175. The van der Waals surface area contributed by atoms with Gasteiger partial charge in [-0.25, -0.2) is 0 Å². The molecule has 2 rings (SSSR count). The van der Waals surface area contributed by atoms with Gasteiger partial charge >= 0.3 is 0 Å². The number of hydrogen-bond donors (Lipinski definition) is 1. The number of ether oxygens (including phenoxy) is 1. The lowest BCUT2D eigenvalue weighted by atomic mass is 10.0. The Morgan fingerprint density at radius 1 is 1.38 bits per heavy atom. The number of aromatic nitrogens is 1. The van der Waals surface area contributed by atoms with Crippen molar-refractivity contribution in [2.24, 2.45) is 0 Å². The summed E-state index contributed by atoms with van der Waals surface area (Å²) >= 11 is 1.70. The van der Waals surface area contributed by atoms with Crippen molar-refractivity contribution in [2.45, 2.75) is 6.04 Å². The second-order valence-corrected chi connectivity index (χ2v) is 4.22. The van der Waals surface area contributed by atoms with E-state index in [-0.39, 0.29) is 6.04 Å². The lowest BCUT2D eigenvalue weighted by molar-refractivity contribution is 0.411. The van der Waals surface area contributed by atoms with Crippen LogP contribution in [0.3, 0.4) is 0 Å². The molecule has 1 atom stereocenters. The van der Waals surface area contributed by atoms with Gasteiger partial charge in [0.1, 0.15) is 5.75 Å². The lowest BCUT2D eigenvalue weighted by Gasteiger charge is -2.15. The summed E-state index contributed by atoms with van der Waals surface area (Å²) in [5.74, 6) is 0.785. The Bertz CT molecular complexity index is 442. The molecule has 2 aromatic rings. The second-order valence-electron chi connectivity index (χ2n) is 3.44. The van der Waals surface area contributed by atoms with Gasteiger partial charge in [0.05, 0.1) is 19.3 Å². The number of thiophene rings is 1. The summed E-state index contributed by atoms with van der Waals surface area (Å²) in [5, 5.41) is 7.50. The molecule has 0 aliphatic carbocycles. The highest BCUT2D eigenvalue weighted by atomic mass is 32.1. The Balaban J connectivity index is 2.33. The Morgan fingerprint density at radius 3 is 2.88 bits per heavy atom. The number of nitrogens with one attached hydrogen (secondary N) is 1. The molecule has 0 saturated carbocycles. The van der Waals surface area contributed by atoms with Crippen molar-refractivity contribution < 1.29 is 4.74 Å². The first-order chi connectivity index (χ1) is 7.85. The van der Waals surface area contributed by atoms with Crippen molar-refractivity contribution in [2.75, 3.05) is 14.2 Å². The van der Waals surface area contributed by atoms with Gasteiger partial charge in [-0.2, -0.15) is 11.3 Å². The van der Waals surface area contributed by atoms with Crippen LogP contribution in [0, 0.1) is 0 Å². The average molecular weight is 234 g/mol. The van der Waals surface area contributed by atoms with Gasteiger partial charge in [-0.15, -0.1) is 0 Å². The van der Waals surface area contributed by atoms with Crippen molar-refractivity contribution in [1.29, 1.82) is 0 Å². The molecule has 84 valence electrons. The van der Waals surface area contributed by atoms with Crippen molar-refractivity contribution in [3.8, 4) is 5.75 Å². The first kappa shape index (κ1) is 11.1. The van der Waals surface area contributed by atoms with Crippen LogP contribution in [-0.2, 0) is 0 Å². The van der Waals surface area contributed by atoms with Crippen LogP contribution in [0.5, 0.6) is 5.75 Å². The highest BCUT2D eigenvalue weighted by Gasteiger charge is 2.13. The molecule has 0 aromatic carbocycles. The Labute approximate surface area is 99.1 Å². The van der Waals surface area contributed by atoms with E-state index in [9.17, 15) is 0 Å². The van der Waals surface area contributed by atoms with Crippen LogP contribution in [0.2, 0.25) is 0 Å². The predicted molar refractivity (Wildman–Crippen MR) is 66.0 cm³/mol. The molecule has 2 aromatic heterocycles. The number of hydrogen-bond acceptors (Lipinski definition) is 4. The SMILES string of the molecule is CNC(c1ccsc1)c1cncc(OC)c1. The summed E-state index contributed by atoms with van der Waals surface area (Å²) in [4.78, 5) is 4.17. The zero-order valence-corrected chi connectivity index (χ0v) is 10.1. The number of methoxy groups -OCH3 is 1. The summed E-state index contributed by atoms with van der Waals surface area (Å²) in [6, 6.07) is 4.30. The van der Waals surface area contributed by atoms with Gasteiger partial charge in [-0.3, -0.25) is 4.98 Å². The van der Waals surface area contributed by atoms with Crippen LogP contribution in [0.25, 0.3) is 0 Å². The van der Waals surface area contributed by atoms with Crippen molar-refractivity contribution in [1.82, 2.24) is 10.3 Å². The average Bonchev–Trinajstić information content (AvgIpc) is 2.84. The Hall–Kier alpha value is -1.39. The molecule has 0 bridgehead atoms. The summed E-state index contributed by atoms with van der Waals surface area (Å²) in [7, 11) is 3.60. The molecular formula is C12H14N2OS.